The van der Waals surface area contributed by atoms with Gasteiger partial charge in [-0.2, -0.15) is 0 Å². The highest BCUT2D eigenvalue weighted by Gasteiger charge is 2.35. The Morgan fingerprint density at radius 2 is 1.67 bits per heavy atom. The standard InChI is InChI=1S/C21H19NO5/c1-26-21(23)18(22(24)25)14-20(16-9-3-2-4-10-16)27-19-13-7-11-15-8-5-6-12-17(15)19/h2-13,18,20H,14H2,1H3. The van der Waals surface area contributed by atoms with Crippen LogP contribution in [0.25, 0.3) is 10.8 Å². The van der Waals surface area contributed by atoms with Crippen molar-refractivity contribution in [3.8, 4) is 5.75 Å². The summed E-state index contributed by atoms with van der Waals surface area (Å²) in [6.07, 6.45) is -0.807. The molecule has 6 heteroatoms. The molecule has 0 aliphatic carbocycles. The van der Waals surface area contributed by atoms with Crippen LogP contribution in [0.1, 0.15) is 18.1 Å². The van der Waals surface area contributed by atoms with Gasteiger partial charge >= 0.3 is 12.0 Å². The largest absolute Gasteiger partial charge is 0.485 e. The number of nitro groups is 1. The third-order valence-electron chi connectivity index (χ3n) is 4.36. The predicted molar refractivity (Wildman–Crippen MR) is 101 cm³/mol. The summed E-state index contributed by atoms with van der Waals surface area (Å²) in [6, 6.07) is 21.0. The number of esters is 1. The maximum Gasteiger partial charge on any atom is 0.381 e. The summed E-state index contributed by atoms with van der Waals surface area (Å²) in [5.74, 6) is -0.281. The minimum Gasteiger partial charge on any atom is -0.485 e. The highest BCUT2D eigenvalue weighted by atomic mass is 16.6. The first-order valence-electron chi connectivity index (χ1n) is 8.51. The van der Waals surface area contributed by atoms with E-state index in [0.29, 0.717) is 5.75 Å². The molecule has 0 fully saturated rings. The molecule has 3 aromatic carbocycles. The topological polar surface area (TPSA) is 78.7 Å². The van der Waals surface area contributed by atoms with Crippen LogP contribution >= 0.6 is 0 Å². The molecule has 27 heavy (non-hydrogen) atoms. The molecule has 0 aliphatic heterocycles. The molecule has 0 saturated carbocycles. The third kappa shape index (κ3) is 4.23. The van der Waals surface area contributed by atoms with Crippen LogP contribution in [0.4, 0.5) is 0 Å². The first kappa shape index (κ1) is 18.4. The Morgan fingerprint density at radius 3 is 2.37 bits per heavy atom. The summed E-state index contributed by atoms with van der Waals surface area (Å²) in [7, 11) is 1.14. The van der Waals surface area contributed by atoms with E-state index in [2.05, 4.69) is 4.74 Å². The number of nitrogens with zero attached hydrogens (tertiary/aromatic N) is 1. The van der Waals surface area contributed by atoms with Crippen molar-refractivity contribution < 1.29 is 19.2 Å². The van der Waals surface area contributed by atoms with Gasteiger partial charge in [-0.3, -0.25) is 10.1 Å². The number of methoxy groups -OCH3 is 1. The fourth-order valence-electron chi connectivity index (χ4n) is 2.98. The van der Waals surface area contributed by atoms with Crippen LogP contribution in [-0.2, 0) is 9.53 Å². The molecular weight excluding hydrogens is 346 g/mol. The lowest BCUT2D eigenvalue weighted by Crippen LogP contribution is -2.33. The van der Waals surface area contributed by atoms with E-state index in [1.807, 2.05) is 72.8 Å². The number of carbonyl (C=O) groups excluding carboxylic acids is 1. The number of hydrogen-bond acceptors (Lipinski definition) is 5. The highest BCUT2D eigenvalue weighted by molar-refractivity contribution is 5.88. The van der Waals surface area contributed by atoms with Gasteiger partial charge in [0.05, 0.1) is 13.5 Å². The molecule has 138 valence electrons. The molecule has 0 bridgehead atoms. The van der Waals surface area contributed by atoms with Crippen molar-refractivity contribution in [3.05, 3.63) is 88.5 Å². The highest BCUT2D eigenvalue weighted by Crippen LogP contribution is 2.32. The lowest BCUT2D eigenvalue weighted by Gasteiger charge is -2.21. The second kappa shape index (κ2) is 8.31. The smallest absolute Gasteiger partial charge is 0.381 e. The summed E-state index contributed by atoms with van der Waals surface area (Å²) >= 11 is 0. The molecule has 0 radical (unpaired) electrons. The molecule has 0 N–H and O–H groups in total. The Kier molecular flexibility index (Phi) is 5.66. The molecule has 6 nitrogen and oxygen atoms in total. The molecular formula is C21H19NO5. The van der Waals surface area contributed by atoms with E-state index in [-0.39, 0.29) is 6.42 Å². The van der Waals surface area contributed by atoms with Gasteiger partial charge in [-0.1, -0.05) is 66.7 Å². The predicted octanol–water partition coefficient (Wildman–Crippen LogP) is 4.17. The summed E-state index contributed by atoms with van der Waals surface area (Å²) in [6.45, 7) is 0. The van der Waals surface area contributed by atoms with Crippen molar-refractivity contribution in [2.45, 2.75) is 18.6 Å². The van der Waals surface area contributed by atoms with Gasteiger partial charge in [0.25, 0.3) is 0 Å². The molecule has 2 atom stereocenters. The molecule has 3 aromatic rings. The Hall–Kier alpha value is -3.41. The quantitative estimate of drug-likeness (QED) is 0.357. The first-order chi connectivity index (χ1) is 13.1. The summed E-state index contributed by atoms with van der Waals surface area (Å²) in [5, 5.41) is 13.3. The third-order valence-corrected chi connectivity index (χ3v) is 4.36. The maximum atomic E-state index is 11.9. The number of ether oxygens (including phenoxy) is 2. The summed E-state index contributed by atoms with van der Waals surface area (Å²) < 4.78 is 10.8. The Bertz CT molecular complexity index is 936. The first-order valence-corrected chi connectivity index (χ1v) is 8.51. The van der Waals surface area contributed by atoms with Crippen molar-refractivity contribution in [1.82, 2.24) is 0 Å². The van der Waals surface area contributed by atoms with Crippen LogP contribution in [0.3, 0.4) is 0 Å². The molecule has 0 aliphatic rings. The number of hydrogen-bond donors (Lipinski definition) is 0. The Morgan fingerprint density at radius 1 is 1.00 bits per heavy atom. The second-order valence-corrected chi connectivity index (χ2v) is 6.05. The van der Waals surface area contributed by atoms with Crippen molar-refractivity contribution in [1.29, 1.82) is 0 Å². The fourth-order valence-corrected chi connectivity index (χ4v) is 2.98. The maximum absolute atomic E-state index is 11.9. The van der Waals surface area contributed by atoms with E-state index in [0.717, 1.165) is 23.4 Å². The van der Waals surface area contributed by atoms with E-state index in [1.54, 1.807) is 0 Å². The number of benzene rings is 3. The van der Waals surface area contributed by atoms with E-state index >= 15 is 0 Å². The van der Waals surface area contributed by atoms with E-state index in [9.17, 15) is 14.9 Å². The van der Waals surface area contributed by atoms with Crippen molar-refractivity contribution in [2.75, 3.05) is 7.11 Å². The van der Waals surface area contributed by atoms with Crippen LogP contribution < -0.4 is 4.74 Å². The Balaban J connectivity index is 1.97. The van der Waals surface area contributed by atoms with Gasteiger partial charge in [-0.15, -0.1) is 0 Å². The number of rotatable bonds is 7. The Labute approximate surface area is 156 Å². The van der Waals surface area contributed by atoms with Crippen molar-refractivity contribution in [2.24, 2.45) is 0 Å². The van der Waals surface area contributed by atoms with Crippen LogP contribution in [0.5, 0.6) is 5.75 Å². The van der Waals surface area contributed by atoms with Gasteiger partial charge in [-0.05, 0) is 17.0 Å². The minimum absolute atomic E-state index is 0.132. The minimum atomic E-state index is -1.50. The zero-order valence-electron chi connectivity index (χ0n) is 14.8. The lowest BCUT2D eigenvalue weighted by molar-refractivity contribution is -0.512. The molecule has 0 aromatic heterocycles. The van der Waals surface area contributed by atoms with Gasteiger partial charge < -0.3 is 9.47 Å². The van der Waals surface area contributed by atoms with Crippen LogP contribution in [0.2, 0.25) is 0 Å². The zero-order valence-corrected chi connectivity index (χ0v) is 14.8. The van der Waals surface area contributed by atoms with Gasteiger partial charge in [0.2, 0.25) is 0 Å². The fraction of sp³-hybridized carbons (Fsp3) is 0.190. The van der Waals surface area contributed by atoms with Gasteiger partial charge in [0.15, 0.2) is 0 Å². The molecule has 0 saturated heterocycles. The molecule has 0 amide bonds. The normalized spacial score (nSPS) is 12.9. The van der Waals surface area contributed by atoms with Gasteiger partial charge in [0.1, 0.15) is 11.9 Å². The van der Waals surface area contributed by atoms with E-state index < -0.39 is 23.0 Å². The molecule has 2 unspecified atom stereocenters. The van der Waals surface area contributed by atoms with Crippen LogP contribution in [-0.4, -0.2) is 24.0 Å². The van der Waals surface area contributed by atoms with Crippen LogP contribution in [0, 0.1) is 10.1 Å². The monoisotopic (exact) mass is 365 g/mol. The average Bonchev–Trinajstić information content (AvgIpc) is 2.71. The summed E-state index contributed by atoms with van der Waals surface area (Å²) in [5.41, 5.74) is 0.751. The molecule has 0 spiro atoms. The second-order valence-electron chi connectivity index (χ2n) is 6.05. The molecule has 3 rings (SSSR count). The van der Waals surface area contributed by atoms with Crippen LogP contribution in [0.15, 0.2) is 72.8 Å². The number of carbonyl (C=O) groups is 1. The molecule has 0 heterocycles. The lowest BCUT2D eigenvalue weighted by atomic mass is 10.0. The average molecular weight is 365 g/mol. The number of fused-ring (bicyclic) bond motifs is 1. The van der Waals surface area contributed by atoms with Crippen molar-refractivity contribution in [3.63, 3.8) is 0 Å². The van der Waals surface area contributed by atoms with E-state index in [1.165, 1.54) is 0 Å². The SMILES string of the molecule is COC(=O)C(CC(Oc1cccc2ccccc12)c1ccccc1)[N+](=O)[O-]. The van der Waals surface area contributed by atoms with Gasteiger partial charge in [-0.25, -0.2) is 4.79 Å². The zero-order chi connectivity index (χ0) is 19.2. The summed E-state index contributed by atoms with van der Waals surface area (Å²) in [4.78, 5) is 22.6. The van der Waals surface area contributed by atoms with Crippen molar-refractivity contribution >= 4 is 16.7 Å². The van der Waals surface area contributed by atoms with Gasteiger partial charge in [0, 0.05) is 10.3 Å². The van der Waals surface area contributed by atoms with E-state index in [4.69, 9.17) is 4.74 Å².